The minimum atomic E-state index is -3.91. The summed E-state index contributed by atoms with van der Waals surface area (Å²) in [4.78, 5) is 14.6. The first-order valence-corrected chi connectivity index (χ1v) is 11.3. The molecule has 3 aromatic rings. The molecule has 3 aromatic carbocycles. The summed E-state index contributed by atoms with van der Waals surface area (Å²) in [5.74, 6) is 0.424. The van der Waals surface area contributed by atoms with Crippen LogP contribution in [0.5, 0.6) is 5.75 Å². The quantitative estimate of drug-likeness (QED) is 0.536. The van der Waals surface area contributed by atoms with E-state index in [-0.39, 0.29) is 17.3 Å². The third kappa shape index (κ3) is 5.44. The van der Waals surface area contributed by atoms with Gasteiger partial charge in [-0.15, -0.1) is 0 Å². The molecule has 0 aliphatic carbocycles. The topological polar surface area (TPSA) is 66.9 Å². The maximum atomic E-state index is 13.4. The first kappa shape index (κ1) is 22.4. The lowest BCUT2D eigenvalue weighted by atomic mass is 10.2. The number of nitrogens with zero attached hydrogens (tertiary/aromatic N) is 2. The molecule has 31 heavy (non-hydrogen) atoms. The van der Waals surface area contributed by atoms with Crippen molar-refractivity contribution in [3.05, 3.63) is 90.0 Å². The molecule has 0 N–H and O–H groups in total. The predicted octanol–water partition coefficient (Wildman–Crippen LogP) is 3.86. The van der Waals surface area contributed by atoms with Gasteiger partial charge in [0.1, 0.15) is 12.3 Å². The van der Waals surface area contributed by atoms with Crippen LogP contribution >= 0.6 is 0 Å². The number of carbonyl (C=O) groups excluding carboxylic acids is 1. The molecule has 0 fully saturated rings. The van der Waals surface area contributed by atoms with Crippen LogP contribution < -0.4 is 9.04 Å². The van der Waals surface area contributed by atoms with Gasteiger partial charge in [0.05, 0.1) is 17.7 Å². The number of rotatable bonds is 8. The number of likely N-dealkylation sites (N-methyl/N-ethyl adjacent to an activating group) is 1. The number of sulfonamides is 1. The molecule has 0 aliphatic heterocycles. The first-order chi connectivity index (χ1) is 14.8. The monoisotopic (exact) mass is 438 g/mol. The summed E-state index contributed by atoms with van der Waals surface area (Å²) in [5, 5.41) is 0. The Morgan fingerprint density at radius 3 is 2.10 bits per heavy atom. The molecular formula is C24H26N2O4S. The third-order valence-corrected chi connectivity index (χ3v) is 6.72. The van der Waals surface area contributed by atoms with Crippen LogP contribution in [0.1, 0.15) is 11.1 Å². The number of hydrogen-bond acceptors (Lipinski definition) is 4. The van der Waals surface area contributed by atoms with E-state index in [1.165, 1.54) is 4.90 Å². The maximum absolute atomic E-state index is 13.4. The highest BCUT2D eigenvalue weighted by Crippen LogP contribution is 2.24. The summed E-state index contributed by atoms with van der Waals surface area (Å²) in [5.41, 5.74) is 2.32. The second-order valence-corrected chi connectivity index (χ2v) is 9.12. The molecule has 0 heterocycles. The average molecular weight is 439 g/mol. The highest BCUT2D eigenvalue weighted by Gasteiger charge is 2.28. The molecule has 0 aliphatic rings. The van der Waals surface area contributed by atoms with Crippen molar-refractivity contribution < 1.29 is 17.9 Å². The molecule has 7 heteroatoms. The lowest BCUT2D eigenvalue weighted by molar-refractivity contribution is -0.128. The van der Waals surface area contributed by atoms with E-state index < -0.39 is 10.0 Å². The van der Waals surface area contributed by atoms with Gasteiger partial charge in [0.25, 0.3) is 10.0 Å². The number of aryl methyl sites for hydroxylation is 1. The van der Waals surface area contributed by atoms with E-state index in [1.807, 2.05) is 31.2 Å². The number of para-hydroxylation sites is 1. The Morgan fingerprint density at radius 1 is 0.903 bits per heavy atom. The molecule has 0 radical (unpaired) electrons. The normalized spacial score (nSPS) is 11.1. The van der Waals surface area contributed by atoms with Crippen molar-refractivity contribution in [2.24, 2.45) is 0 Å². The summed E-state index contributed by atoms with van der Waals surface area (Å²) in [7, 11) is -0.657. The van der Waals surface area contributed by atoms with Gasteiger partial charge in [-0.05, 0) is 48.9 Å². The van der Waals surface area contributed by atoms with Crippen LogP contribution in [0.3, 0.4) is 0 Å². The smallest absolute Gasteiger partial charge is 0.264 e. The lowest BCUT2D eigenvalue weighted by Crippen LogP contribution is -2.41. The summed E-state index contributed by atoms with van der Waals surface area (Å²) in [6, 6.07) is 22.7. The van der Waals surface area contributed by atoms with E-state index in [0.29, 0.717) is 12.2 Å². The van der Waals surface area contributed by atoms with Gasteiger partial charge in [-0.3, -0.25) is 9.10 Å². The Balaban J connectivity index is 1.84. The van der Waals surface area contributed by atoms with Crippen molar-refractivity contribution in [3.8, 4) is 5.75 Å². The number of hydrogen-bond donors (Lipinski definition) is 0. The zero-order valence-electron chi connectivity index (χ0n) is 17.9. The molecule has 0 bridgehead atoms. The van der Waals surface area contributed by atoms with Crippen molar-refractivity contribution >= 4 is 21.6 Å². The van der Waals surface area contributed by atoms with Crippen LogP contribution in [0, 0.1) is 6.92 Å². The van der Waals surface area contributed by atoms with E-state index >= 15 is 0 Å². The van der Waals surface area contributed by atoms with Gasteiger partial charge in [-0.1, -0.05) is 48.0 Å². The Morgan fingerprint density at radius 2 is 1.52 bits per heavy atom. The van der Waals surface area contributed by atoms with Crippen LogP contribution in [-0.2, 0) is 21.4 Å². The maximum Gasteiger partial charge on any atom is 0.264 e. The Hall–Kier alpha value is -3.32. The highest BCUT2D eigenvalue weighted by atomic mass is 32.2. The third-order valence-electron chi connectivity index (χ3n) is 4.94. The fraction of sp³-hybridized carbons (Fsp3) is 0.208. The molecule has 6 nitrogen and oxygen atoms in total. The Labute approximate surface area is 183 Å². The standard InChI is InChI=1S/C24H26N2O4S/c1-19-9-15-23(16-10-19)31(28,29)26(21-7-5-4-6-8-21)18-24(27)25(2)17-20-11-13-22(30-3)14-12-20/h4-16H,17-18H2,1-3H3. The first-order valence-electron chi connectivity index (χ1n) is 9.82. The Kier molecular flexibility index (Phi) is 6.97. The van der Waals surface area contributed by atoms with Gasteiger partial charge >= 0.3 is 0 Å². The van der Waals surface area contributed by atoms with E-state index in [0.717, 1.165) is 21.2 Å². The van der Waals surface area contributed by atoms with E-state index in [1.54, 1.807) is 68.8 Å². The van der Waals surface area contributed by atoms with Crippen molar-refractivity contribution in [1.29, 1.82) is 0 Å². The van der Waals surface area contributed by atoms with E-state index in [9.17, 15) is 13.2 Å². The second-order valence-electron chi connectivity index (χ2n) is 7.26. The molecule has 3 rings (SSSR count). The SMILES string of the molecule is COc1ccc(CN(C)C(=O)CN(c2ccccc2)S(=O)(=O)c2ccc(C)cc2)cc1. The van der Waals surface area contributed by atoms with Crippen LogP contribution in [0.4, 0.5) is 5.69 Å². The van der Waals surface area contributed by atoms with Crippen molar-refractivity contribution in [2.75, 3.05) is 25.0 Å². The fourth-order valence-corrected chi connectivity index (χ4v) is 4.50. The Bertz CT molecular complexity index is 1110. The summed E-state index contributed by atoms with van der Waals surface area (Å²) >= 11 is 0. The van der Waals surface area contributed by atoms with Gasteiger partial charge in [0.15, 0.2) is 0 Å². The number of anilines is 1. The molecule has 0 saturated heterocycles. The van der Waals surface area contributed by atoms with Gasteiger partial charge in [-0.25, -0.2) is 8.42 Å². The zero-order valence-corrected chi connectivity index (χ0v) is 18.7. The van der Waals surface area contributed by atoms with Crippen molar-refractivity contribution in [2.45, 2.75) is 18.4 Å². The molecule has 0 spiro atoms. The highest BCUT2D eigenvalue weighted by molar-refractivity contribution is 7.92. The molecule has 1 amide bonds. The molecule has 0 atom stereocenters. The van der Waals surface area contributed by atoms with Crippen molar-refractivity contribution in [1.82, 2.24) is 4.90 Å². The minimum Gasteiger partial charge on any atom is -0.497 e. The summed E-state index contributed by atoms with van der Waals surface area (Å²) in [6.45, 7) is 1.95. The number of methoxy groups -OCH3 is 1. The molecule has 0 aromatic heterocycles. The second kappa shape index (κ2) is 9.66. The molecule has 162 valence electrons. The fourth-order valence-electron chi connectivity index (χ4n) is 3.08. The number of carbonyl (C=O) groups is 1. The van der Waals surface area contributed by atoms with Crippen LogP contribution in [0.2, 0.25) is 0 Å². The van der Waals surface area contributed by atoms with Gasteiger partial charge in [-0.2, -0.15) is 0 Å². The zero-order chi connectivity index (χ0) is 22.4. The molecule has 0 saturated carbocycles. The predicted molar refractivity (Wildman–Crippen MR) is 122 cm³/mol. The van der Waals surface area contributed by atoms with Gasteiger partial charge < -0.3 is 9.64 Å². The summed E-state index contributed by atoms with van der Waals surface area (Å²) < 4.78 is 33.1. The minimum absolute atomic E-state index is 0.146. The van der Waals surface area contributed by atoms with E-state index in [2.05, 4.69) is 0 Å². The summed E-state index contributed by atoms with van der Waals surface area (Å²) in [6.07, 6.45) is 0. The van der Waals surface area contributed by atoms with Crippen LogP contribution in [0.25, 0.3) is 0 Å². The number of amides is 1. The average Bonchev–Trinajstić information content (AvgIpc) is 2.78. The number of ether oxygens (including phenoxy) is 1. The molecule has 0 unspecified atom stereocenters. The van der Waals surface area contributed by atoms with Crippen LogP contribution in [-0.4, -0.2) is 39.9 Å². The van der Waals surface area contributed by atoms with Gasteiger partial charge in [0.2, 0.25) is 5.91 Å². The van der Waals surface area contributed by atoms with Gasteiger partial charge in [0, 0.05) is 13.6 Å². The number of benzene rings is 3. The van der Waals surface area contributed by atoms with Crippen LogP contribution in [0.15, 0.2) is 83.8 Å². The largest absolute Gasteiger partial charge is 0.497 e. The lowest BCUT2D eigenvalue weighted by Gasteiger charge is -2.26. The van der Waals surface area contributed by atoms with E-state index in [4.69, 9.17) is 4.74 Å². The molecular weight excluding hydrogens is 412 g/mol. The van der Waals surface area contributed by atoms with Crippen molar-refractivity contribution in [3.63, 3.8) is 0 Å².